The Morgan fingerprint density at radius 2 is 1.81 bits per heavy atom. The fourth-order valence-electron chi connectivity index (χ4n) is 3.26. The smallest absolute Gasteiger partial charge is 0.264 e. The summed E-state index contributed by atoms with van der Waals surface area (Å²) >= 11 is 0. The maximum Gasteiger partial charge on any atom is 0.264 e. The van der Waals surface area contributed by atoms with Crippen molar-refractivity contribution in [3.63, 3.8) is 0 Å². The van der Waals surface area contributed by atoms with E-state index in [4.69, 9.17) is 4.74 Å². The molecule has 0 unspecified atom stereocenters. The first-order chi connectivity index (χ1) is 12.5. The van der Waals surface area contributed by atoms with E-state index in [0.717, 1.165) is 22.6 Å². The lowest BCUT2D eigenvalue weighted by Crippen LogP contribution is -2.41. The molecular formula is C21H23N3O2. The third-order valence-corrected chi connectivity index (χ3v) is 4.71. The molecule has 1 aromatic heterocycles. The van der Waals surface area contributed by atoms with E-state index in [0.29, 0.717) is 26.3 Å². The highest BCUT2D eigenvalue weighted by Crippen LogP contribution is 2.23. The van der Waals surface area contributed by atoms with Gasteiger partial charge in [0.25, 0.3) is 5.91 Å². The highest BCUT2D eigenvalue weighted by Gasteiger charge is 2.21. The van der Waals surface area contributed by atoms with Gasteiger partial charge in [0.2, 0.25) is 0 Å². The first-order valence-electron chi connectivity index (χ1n) is 8.76. The van der Waals surface area contributed by atoms with Crippen molar-refractivity contribution in [1.29, 1.82) is 5.26 Å². The van der Waals surface area contributed by atoms with E-state index in [-0.39, 0.29) is 11.5 Å². The number of nitrogens with zero attached hydrogens (tertiary/aromatic N) is 3. The second kappa shape index (κ2) is 7.59. The van der Waals surface area contributed by atoms with Crippen molar-refractivity contribution in [2.24, 2.45) is 0 Å². The number of rotatable bonds is 3. The average Bonchev–Trinajstić information content (AvgIpc) is 2.94. The number of aryl methyl sites for hydroxylation is 2. The molecule has 1 fully saturated rings. The molecule has 1 amide bonds. The standard InChI is InChI=1S/C21H23N3O2/c1-15-4-6-20(7-5-15)24-16(2)12-18(17(24)3)13-19(14-22)21(25)23-8-10-26-11-9-23/h4-7,12-13H,8-11H2,1-3H3/b19-13-. The van der Waals surface area contributed by atoms with Crippen LogP contribution in [0.5, 0.6) is 0 Å². The third kappa shape index (κ3) is 3.56. The minimum atomic E-state index is -0.226. The molecule has 0 radical (unpaired) electrons. The molecule has 0 spiro atoms. The Balaban J connectivity index is 1.94. The second-order valence-corrected chi connectivity index (χ2v) is 6.57. The van der Waals surface area contributed by atoms with Crippen molar-refractivity contribution in [2.75, 3.05) is 26.3 Å². The lowest BCUT2D eigenvalue weighted by atomic mass is 10.1. The monoisotopic (exact) mass is 349 g/mol. The quantitative estimate of drug-likeness (QED) is 0.632. The molecule has 134 valence electrons. The molecule has 2 heterocycles. The number of ether oxygens (including phenoxy) is 1. The Morgan fingerprint density at radius 1 is 1.15 bits per heavy atom. The molecule has 26 heavy (non-hydrogen) atoms. The zero-order chi connectivity index (χ0) is 18.7. The van der Waals surface area contributed by atoms with Gasteiger partial charge in [0.1, 0.15) is 11.6 Å². The SMILES string of the molecule is Cc1ccc(-n2c(C)cc(/C=C(/C#N)C(=O)N3CCOCC3)c2C)cc1. The molecule has 0 bridgehead atoms. The number of hydrogen-bond acceptors (Lipinski definition) is 3. The van der Waals surface area contributed by atoms with E-state index in [1.165, 1.54) is 5.56 Å². The molecule has 0 saturated carbocycles. The lowest BCUT2D eigenvalue weighted by molar-refractivity contribution is -0.130. The number of morpholine rings is 1. The summed E-state index contributed by atoms with van der Waals surface area (Å²) in [4.78, 5) is 14.3. The van der Waals surface area contributed by atoms with Crippen LogP contribution in [0.1, 0.15) is 22.5 Å². The van der Waals surface area contributed by atoms with Gasteiger partial charge in [-0.2, -0.15) is 5.26 Å². The summed E-state index contributed by atoms with van der Waals surface area (Å²) in [6.45, 7) is 8.19. The maximum absolute atomic E-state index is 12.6. The maximum atomic E-state index is 12.6. The number of hydrogen-bond donors (Lipinski definition) is 0. The Kier molecular flexibility index (Phi) is 5.24. The van der Waals surface area contributed by atoms with Crippen LogP contribution >= 0.6 is 0 Å². The molecule has 1 saturated heterocycles. The topological polar surface area (TPSA) is 58.3 Å². The van der Waals surface area contributed by atoms with Crippen LogP contribution in [-0.2, 0) is 9.53 Å². The summed E-state index contributed by atoms with van der Waals surface area (Å²) in [7, 11) is 0. The number of nitriles is 1. The summed E-state index contributed by atoms with van der Waals surface area (Å²) in [6.07, 6.45) is 1.70. The minimum absolute atomic E-state index is 0.163. The zero-order valence-corrected chi connectivity index (χ0v) is 15.5. The first-order valence-corrected chi connectivity index (χ1v) is 8.76. The zero-order valence-electron chi connectivity index (χ0n) is 15.5. The van der Waals surface area contributed by atoms with E-state index < -0.39 is 0 Å². The number of aromatic nitrogens is 1. The Bertz CT molecular complexity index is 879. The van der Waals surface area contributed by atoms with Crippen LogP contribution in [0.15, 0.2) is 35.9 Å². The van der Waals surface area contributed by atoms with Gasteiger partial charge in [-0.05, 0) is 50.6 Å². The molecule has 1 aliphatic heterocycles. The van der Waals surface area contributed by atoms with Crippen molar-refractivity contribution in [3.05, 3.63) is 58.4 Å². The molecule has 0 aliphatic carbocycles. The number of amides is 1. The summed E-state index contributed by atoms with van der Waals surface area (Å²) in [5.74, 6) is -0.226. The number of benzene rings is 1. The number of carbonyl (C=O) groups excluding carboxylic acids is 1. The molecule has 5 nitrogen and oxygen atoms in total. The van der Waals surface area contributed by atoms with Crippen molar-refractivity contribution < 1.29 is 9.53 Å². The van der Waals surface area contributed by atoms with Gasteiger partial charge in [0.15, 0.2) is 0 Å². The van der Waals surface area contributed by atoms with Crippen LogP contribution in [0.2, 0.25) is 0 Å². The molecule has 0 N–H and O–H groups in total. The van der Waals surface area contributed by atoms with Crippen molar-refractivity contribution >= 4 is 12.0 Å². The molecule has 5 heteroatoms. The minimum Gasteiger partial charge on any atom is -0.378 e. The second-order valence-electron chi connectivity index (χ2n) is 6.57. The fraction of sp³-hybridized carbons (Fsp3) is 0.333. The first kappa shape index (κ1) is 18.0. The van der Waals surface area contributed by atoms with E-state index in [9.17, 15) is 10.1 Å². The molecule has 1 aliphatic rings. The molecule has 3 rings (SSSR count). The van der Waals surface area contributed by atoms with Gasteiger partial charge in [-0.1, -0.05) is 17.7 Å². The fourth-order valence-corrected chi connectivity index (χ4v) is 3.26. The lowest BCUT2D eigenvalue weighted by Gasteiger charge is -2.26. The van der Waals surface area contributed by atoms with E-state index >= 15 is 0 Å². The van der Waals surface area contributed by atoms with Crippen molar-refractivity contribution in [2.45, 2.75) is 20.8 Å². The highest BCUT2D eigenvalue weighted by molar-refractivity contribution is 6.01. The summed E-state index contributed by atoms with van der Waals surface area (Å²) < 4.78 is 7.42. The van der Waals surface area contributed by atoms with Gasteiger partial charge in [0.05, 0.1) is 13.2 Å². The summed E-state index contributed by atoms with van der Waals surface area (Å²) in [5.41, 5.74) is 5.40. The van der Waals surface area contributed by atoms with Crippen molar-refractivity contribution in [3.8, 4) is 11.8 Å². The van der Waals surface area contributed by atoms with Crippen LogP contribution in [0.25, 0.3) is 11.8 Å². The normalized spacial score (nSPS) is 15.0. The van der Waals surface area contributed by atoms with Crippen LogP contribution in [0.4, 0.5) is 0 Å². The van der Waals surface area contributed by atoms with Gasteiger partial charge in [0, 0.05) is 30.2 Å². The molecule has 2 aromatic rings. The Labute approximate surface area is 154 Å². The van der Waals surface area contributed by atoms with Crippen LogP contribution in [0, 0.1) is 32.1 Å². The van der Waals surface area contributed by atoms with Gasteiger partial charge in [-0.15, -0.1) is 0 Å². The molecule has 1 aromatic carbocycles. The van der Waals surface area contributed by atoms with Crippen LogP contribution in [0.3, 0.4) is 0 Å². The van der Waals surface area contributed by atoms with Crippen molar-refractivity contribution in [1.82, 2.24) is 9.47 Å². The van der Waals surface area contributed by atoms with Crippen LogP contribution < -0.4 is 0 Å². The molecule has 0 atom stereocenters. The van der Waals surface area contributed by atoms with E-state index in [1.54, 1.807) is 11.0 Å². The van der Waals surface area contributed by atoms with Gasteiger partial charge < -0.3 is 14.2 Å². The summed E-state index contributed by atoms with van der Waals surface area (Å²) in [5, 5.41) is 9.50. The predicted octanol–water partition coefficient (Wildman–Crippen LogP) is 3.17. The van der Waals surface area contributed by atoms with E-state index in [1.807, 2.05) is 19.9 Å². The van der Waals surface area contributed by atoms with Gasteiger partial charge in [-0.25, -0.2) is 0 Å². The van der Waals surface area contributed by atoms with E-state index in [2.05, 4.69) is 41.8 Å². The largest absolute Gasteiger partial charge is 0.378 e. The Morgan fingerprint density at radius 3 is 2.42 bits per heavy atom. The van der Waals surface area contributed by atoms with Crippen LogP contribution in [-0.4, -0.2) is 41.7 Å². The van der Waals surface area contributed by atoms with Gasteiger partial charge >= 0.3 is 0 Å². The average molecular weight is 349 g/mol. The van der Waals surface area contributed by atoms with Gasteiger partial charge in [-0.3, -0.25) is 4.79 Å². The predicted molar refractivity (Wildman–Crippen MR) is 101 cm³/mol. The number of carbonyl (C=O) groups is 1. The highest BCUT2D eigenvalue weighted by atomic mass is 16.5. The Hall–Kier alpha value is -2.84. The molecular weight excluding hydrogens is 326 g/mol. The third-order valence-electron chi connectivity index (χ3n) is 4.71. The summed E-state index contributed by atoms with van der Waals surface area (Å²) in [6, 6.07) is 12.4.